The van der Waals surface area contributed by atoms with Gasteiger partial charge in [0.15, 0.2) is 0 Å². The zero-order valence-electron chi connectivity index (χ0n) is 17.4. The number of benzene rings is 1. The molecule has 3 atom stereocenters. The highest BCUT2D eigenvalue weighted by atomic mass is 19.4. The molecular weight excluding hydrogens is 415 g/mol. The predicted octanol–water partition coefficient (Wildman–Crippen LogP) is 6.19. The summed E-state index contributed by atoms with van der Waals surface area (Å²) in [5.74, 6) is -0.679. The first-order valence-electron chi connectivity index (χ1n) is 10.2. The Bertz CT molecular complexity index is 1030. The van der Waals surface area contributed by atoms with E-state index in [4.69, 9.17) is 4.74 Å². The van der Waals surface area contributed by atoms with Gasteiger partial charge in [0.2, 0.25) is 0 Å². The molecule has 0 saturated heterocycles. The number of rotatable bonds is 6. The molecule has 0 spiro atoms. The van der Waals surface area contributed by atoms with Crippen LogP contribution < -0.4 is 4.90 Å². The molecule has 4 rings (SSSR count). The maximum absolute atomic E-state index is 13.9. The molecule has 0 aliphatic heterocycles. The van der Waals surface area contributed by atoms with E-state index in [1.165, 1.54) is 6.08 Å². The summed E-state index contributed by atoms with van der Waals surface area (Å²) >= 11 is 0. The maximum atomic E-state index is 13.9. The van der Waals surface area contributed by atoms with Gasteiger partial charge in [-0.15, -0.1) is 13.2 Å². The Morgan fingerprint density at radius 2 is 1.53 bits per heavy atom. The SMILES string of the molecule is CC(N(c1cccnc1)c1cccnc1)C1(OC(F)(F)F)C=CC=CC1c1ccccc1. The Morgan fingerprint density at radius 1 is 0.906 bits per heavy atom. The Labute approximate surface area is 184 Å². The third kappa shape index (κ3) is 4.43. The number of allylic oxidation sites excluding steroid dienone is 2. The van der Waals surface area contributed by atoms with Crippen LogP contribution in [-0.4, -0.2) is 28.0 Å². The number of aromatic nitrogens is 2. The Hall–Kier alpha value is -3.45. The Kier molecular flexibility index (Phi) is 6.10. The van der Waals surface area contributed by atoms with Gasteiger partial charge in [-0.2, -0.15) is 0 Å². The van der Waals surface area contributed by atoms with Crippen LogP contribution in [0.1, 0.15) is 18.4 Å². The Balaban J connectivity index is 1.90. The van der Waals surface area contributed by atoms with Crippen LogP contribution in [0, 0.1) is 0 Å². The molecule has 0 N–H and O–H groups in total. The number of hydrogen-bond donors (Lipinski definition) is 0. The number of nitrogens with zero attached hydrogens (tertiary/aromatic N) is 3. The van der Waals surface area contributed by atoms with Crippen molar-refractivity contribution < 1.29 is 17.9 Å². The van der Waals surface area contributed by atoms with Gasteiger partial charge >= 0.3 is 6.36 Å². The van der Waals surface area contributed by atoms with Gasteiger partial charge in [0, 0.05) is 18.3 Å². The molecule has 1 aliphatic rings. The number of alkyl halides is 3. The van der Waals surface area contributed by atoms with Crippen LogP contribution in [0.25, 0.3) is 0 Å². The summed E-state index contributed by atoms with van der Waals surface area (Å²) in [5.41, 5.74) is 0.238. The van der Waals surface area contributed by atoms with Crippen molar-refractivity contribution in [3.05, 3.63) is 109 Å². The normalized spacial score (nSPS) is 21.3. The van der Waals surface area contributed by atoms with E-state index in [-0.39, 0.29) is 0 Å². The summed E-state index contributed by atoms with van der Waals surface area (Å²) in [7, 11) is 0. The van der Waals surface area contributed by atoms with E-state index in [9.17, 15) is 13.2 Å². The zero-order chi connectivity index (χ0) is 22.6. The fraction of sp³-hybridized carbons (Fsp3) is 0.200. The quantitative estimate of drug-likeness (QED) is 0.461. The van der Waals surface area contributed by atoms with Gasteiger partial charge in [-0.1, -0.05) is 48.6 Å². The molecule has 2 heterocycles. The van der Waals surface area contributed by atoms with Crippen molar-refractivity contribution in [3.63, 3.8) is 0 Å². The molecule has 0 radical (unpaired) electrons. The third-order valence-electron chi connectivity index (χ3n) is 5.60. The maximum Gasteiger partial charge on any atom is 0.523 e. The lowest BCUT2D eigenvalue weighted by Crippen LogP contribution is -2.56. The predicted molar refractivity (Wildman–Crippen MR) is 117 cm³/mol. The smallest absolute Gasteiger partial charge is 0.333 e. The van der Waals surface area contributed by atoms with Gasteiger partial charge < -0.3 is 4.90 Å². The highest BCUT2D eigenvalue weighted by molar-refractivity contribution is 5.64. The fourth-order valence-electron chi connectivity index (χ4n) is 4.24. The van der Waals surface area contributed by atoms with Crippen LogP contribution in [0.2, 0.25) is 0 Å². The van der Waals surface area contributed by atoms with Crippen molar-refractivity contribution in [2.24, 2.45) is 0 Å². The van der Waals surface area contributed by atoms with Crippen LogP contribution in [0.4, 0.5) is 24.5 Å². The van der Waals surface area contributed by atoms with E-state index in [0.29, 0.717) is 11.4 Å². The molecule has 1 aromatic carbocycles. The first kappa shape index (κ1) is 21.8. The average Bonchev–Trinajstić information content (AvgIpc) is 2.80. The first-order valence-corrected chi connectivity index (χ1v) is 10.2. The molecule has 4 nitrogen and oxygen atoms in total. The minimum absolute atomic E-state index is 0.632. The minimum Gasteiger partial charge on any atom is -0.333 e. The monoisotopic (exact) mass is 437 g/mol. The van der Waals surface area contributed by atoms with Gasteiger partial charge in [0.05, 0.1) is 29.8 Å². The van der Waals surface area contributed by atoms with Crippen molar-refractivity contribution >= 4 is 11.4 Å². The van der Waals surface area contributed by atoms with Crippen LogP contribution in [0.5, 0.6) is 0 Å². The molecule has 7 heteroatoms. The Morgan fingerprint density at radius 3 is 2.06 bits per heavy atom. The van der Waals surface area contributed by atoms with Crippen molar-refractivity contribution in [2.75, 3.05) is 4.90 Å². The highest BCUT2D eigenvalue weighted by Gasteiger charge is 2.53. The number of pyridine rings is 2. The standard InChI is InChI=1S/C25H22F3N3O/c1-19(31(21-11-7-15-29-17-21)22-12-8-16-30-18-22)24(32-25(26,27)28)14-6-5-13-23(24)20-9-3-2-4-10-20/h2-19,23H,1H3. The van der Waals surface area contributed by atoms with E-state index >= 15 is 0 Å². The van der Waals surface area contributed by atoms with E-state index in [0.717, 1.165) is 5.56 Å². The molecule has 0 amide bonds. The lowest BCUT2D eigenvalue weighted by atomic mass is 9.74. The molecule has 3 aromatic rings. The summed E-state index contributed by atoms with van der Waals surface area (Å²) < 4.78 is 46.6. The number of hydrogen-bond acceptors (Lipinski definition) is 4. The van der Waals surface area contributed by atoms with Crippen molar-refractivity contribution in [1.29, 1.82) is 0 Å². The van der Waals surface area contributed by atoms with E-state index in [2.05, 4.69) is 9.97 Å². The van der Waals surface area contributed by atoms with E-state index in [1.807, 2.05) is 30.3 Å². The molecule has 2 aromatic heterocycles. The topological polar surface area (TPSA) is 38.2 Å². The number of ether oxygens (including phenoxy) is 1. The van der Waals surface area contributed by atoms with E-state index < -0.39 is 23.9 Å². The fourth-order valence-corrected chi connectivity index (χ4v) is 4.24. The van der Waals surface area contributed by atoms with Gasteiger partial charge in [0.1, 0.15) is 5.60 Å². The minimum atomic E-state index is -4.85. The summed E-state index contributed by atoms with van der Waals surface area (Å²) in [4.78, 5) is 10.1. The van der Waals surface area contributed by atoms with Gasteiger partial charge in [-0.3, -0.25) is 14.7 Å². The summed E-state index contributed by atoms with van der Waals surface area (Å²) in [6.07, 6.45) is 8.22. The lowest BCUT2D eigenvalue weighted by Gasteiger charge is -2.47. The largest absolute Gasteiger partial charge is 0.523 e. The van der Waals surface area contributed by atoms with E-state index in [1.54, 1.807) is 79.1 Å². The molecule has 3 unspecified atom stereocenters. The van der Waals surface area contributed by atoms with Crippen LogP contribution in [0.15, 0.2) is 104 Å². The lowest BCUT2D eigenvalue weighted by molar-refractivity contribution is -0.362. The third-order valence-corrected chi connectivity index (χ3v) is 5.60. The zero-order valence-corrected chi connectivity index (χ0v) is 17.4. The molecule has 0 saturated carbocycles. The van der Waals surface area contributed by atoms with Crippen molar-refractivity contribution in [3.8, 4) is 0 Å². The number of anilines is 2. The summed E-state index contributed by atoms with van der Waals surface area (Å²) in [5, 5.41) is 0. The van der Waals surface area contributed by atoms with Gasteiger partial charge in [0.25, 0.3) is 0 Å². The van der Waals surface area contributed by atoms with Crippen LogP contribution in [-0.2, 0) is 4.74 Å². The number of halogens is 3. The van der Waals surface area contributed by atoms with Crippen molar-refractivity contribution in [2.45, 2.75) is 30.8 Å². The summed E-state index contributed by atoms with van der Waals surface area (Å²) in [6.45, 7) is 1.73. The highest BCUT2D eigenvalue weighted by Crippen LogP contribution is 2.46. The first-order chi connectivity index (χ1) is 15.4. The van der Waals surface area contributed by atoms with Crippen molar-refractivity contribution in [1.82, 2.24) is 9.97 Å². The van der Waals surface area contributed by atoms with Gasteiger partial charge in [-0.25, -0.2) is 0 Å². The molecule has 164 valence electrons. The summed E-state index contributed by atoms with van der Waals surface area (Å²) in [6, 6.07) is 15.4. The van der Waals surface area contributed by atoms with Crippen LogP contribution in [0.3, 0.4) is 0 Å². The molecule has 0 bridgehead atoms. The second-order valence-electron chi connectivity index (χ2n) is 7.50. The molecular formula is C25H22F3N3O. The molecule has 32 heavy (non-hydrogen) atoms. The average molecular weight is 437 g/mol. The second kappa shape index (κ2) is 8.96. The second-order valence-corrected chi connectivity index (χ2v) is 7.50. The molecule has 0 fully saturated rings. The molecule has 1 aliphatic carbocycles. The van der Waals surface area contributed by atoms with Crippen LogP contribution >= 0.6 is 0 Å². The van der Waals surface area contributed by atoms with Gasteiger partial charge in [-0.05, 0) is 42.8 Å².